The normalized spacial score (nSPS) is 17.2. The second-order valence-electron chi connectivity index (χ2n) is 6.66. The monoisotopic (exact) mass is 375 g/mol. The van der Waals surface area contributed by atoms with Gasteiger partial charge in [-0.05, 0) is 38.1 Å². The van der Waals surface area contributed by atoms with E-state index in [1.807, 2.05) is 0 Å². The molecule has 8 heteroatoms. The summed E-state index contributed by atoms with van der Waals surface area (Å²) in [5, 5.41) is 2.86. The van der Waals surface area contributed by atoms with Crippen LogP contribution in [0.5, 0.6) is 5.75 Å². The zero-order valence-electron chi connectivity index (χ0n) is 15.5. The number of ketones is 1. The van der Waals surface area contributed by atoms with E-state index in [-0.39, 0.29) is 30.7 Å². The molecule has 0 radical (unpaired) electrons. The van der Waals surface area contributed by atoms with E-state index in [4.69, 9.17) is 9.47 Å². The number of hydrogen-bond donors (Lipinski definition) is 1. The van der Waals surface area contributed by atoms with Gasteiger partial charge in [-0.3, -0.25) is 24.2 Å². The Morgan fingerprint density at radius 1 is 1.22 bits per heavy atom. The van der Waals surface area contributed by atoms with Crippen molar-refractivity contribution in [1.29, 1.82) is 0 Å². The van der Waals surface area contributed by atoms with Crippen LogP contribution in [0, 0.1) is 0 Å². The average Bonchev–Trinajstić information content (AvgIpc) is 2.68. The molecular formula is C19H25N3O5. The summed E-state index contributed by atoms with van der Waals surface area (Å²) in [4.78, 5) is 39.8. The molecule has 0 saturated carbocycles. The van der Waals surface area contributed by atoms with Crippen molar-refractivity contribution in [2.24, 2.45) is 0 Å². The van der Waals surface area contributed by atoms with Gasteiger partial charge in [0, 0.05) is 25.2 Å². The summed E-state index contributed by atoms with van der Waals surface area (Å²) in [5.74, 6) is -0.138. The number of ether oxygens (including phenoxy) is 2. The Labute approximate surface area is 158 Å². The van der Waals surface area contributed by atoms with Crippen LogP contribution in [0.1, 0.15) is 23.7 Å². The summed E-state index contributed by atoms with van der Waals surface area (Å²) in [5.41, 5.74) is 0.936. The molecule has 27 heavy (non-hydrogen) atoms. The molecule has 2 aliphatic heterocycles. The van der Waals surface area contributed by atoms with E-state index < -0.39 is 0 Å². The van der Waals surface area contributed by atoms with Crippen LogP contribution in [0.3, 0.4) is 0 Å². The third-order valence-electron chi connectivity index (χ3n) is 4.69. The number of fused-ring (bicyclic) bond motifs is 1. The van der Waals surface area contributed by atoms with Crippen LogP contribution in [0.4, 0.5) is 5.69 Å². The molecule has 2 amide bonds. The van der Waals surface area contributed by atoms with E-state index >= 15 is 0 Å². The Kier molecular flexibility index (Phi) is 6.41. The van der Waals surface area contributed by atoms with Crippen molar-refractivity contribution in [3.05, 3.63) is 23.8 Å². The SMILES string of the molecule is CC(=O)c1ccc2c(c1)N(CC(=O)NCCCN1CCOCC1)C(=O)CO2. The summed E-state index contributed by atoms with van der Waals surface area (Å²) in [7, 11) is 0. The van der Waals surface area contributed by atoms with Crippen molar-refractivity contribution in [3.8, 4) is 5.75 Å². The fraction of sp³-hybridized carbons (Fsp3) is 0.526. The second-order valence-corrected chi connectivity index (χ2v) is 6.66. The number of anilines is 1. The van der Waals surface area contributed by atoms with Gasteiger partial charge in [-0.15, -0.1) is 0 Å². The maximum absolute atomic E-state index is 12.3. The van der Waals surface area contributed by atoms with Gasteiger partial charge in [0.2, 0.25) is 5.91 Å². The molecule has 8 nitrogen and oxygen atoms in total. The van der Waals surface area contributed by atoms with Crippen LogP contribution >= 0.6 is 0 Å². The van der Waals surface area contributed by atoms with E-state index in [0.717, 1.165) is 39.3 Å². The molecule has 1 aromatic rings. The molecule has 0 unspecified atom stereocenters. The van der Waals surface area contributed by atoms with E-state index in [0.29, 0.717) is 23.5 Å². The molecule has 0 aliphatic carbocycles. The highest BCUT2D eigenvalue weighted by Crippen LogP contribution is 2.32. The number of morpholine rings is 1. The maximum Gasteiger partial charge on any atom is 0.265 e. The number of nitrogens with zero attached hydrogens (tertiary/aromatic N) is 2. The highest BCUT2D eigenvalue weighted by molar-refractivity contribution is 6.04. The van der Waals surface area contributed by atoms with Gasteiger partial charge in [0.15, 0.2) is 12.4 Å². The quantitative estimate of drug-likeness (QED) is 0.550. The minimum atomic E-state index is -0.299. The van der Waals surface area contributed by atoms with E-state index in [1.54, 1.807) is 18.2 Å². The standard InChI is InChI=1S/C19H25N3O5/c1-14(23)15-3-4-17-16(11-15)22(19(25)13-27-17)12-18(24)20-5-2-6-21-7-9-26-10-8-21/h3-4,11H,2,5-10,12-13H2,1H3,(H,20,24). The molecule has 1 fully saturated rings. The van der Waals surface area contributed by atoms with Crippen molar-refractivity contribution < 1.29 is 23.9 Å². The first-order chi connectivity index (χ1) is 13.0. The molecule has 1 aromatic carbocycles. The zero-order chi connectivity index (χ0) is 19.2. The first-order valence-corrected chi connectivity index (χ1v) is 9.19. The van der Waals surface area contributed by atoms with Crippen LogP contribution in [-0.2, 0) is 14.3 Å². The summed E-state index contributed by atoms with van der Waals surface area (Å²) in [6.07, 6.45) is 0.841. The lowest BCUT2D eigenvalue weighted by Gasteiger charge is -2.29. The number of amides is 2. The van der Waals surface area contributed by atoms with Crippen molar-refractivity contribution in [3.63, 3.8) is 0 Å². The fourth-order valence-electron chi connectivity index (χ4n) is 3.15. The molecule has 3 rings (SSSR count). The zero-order valence-corrected chi connectivity index (χ0v) is 15.5. The van der Waals surface area contributed by atoms with Gasteiger partial charge >= 0.3 is 0 Å². The molecule has 146 valence electrons. The number of Topliss-reactive ketones (excluding diaryl/α,β-unsaturated/α-hetero) is 1. The molecule has 0 aromatic heterocycles. The van der Waals surface area contributed by atoms with Crippen molar-refractivity contribution in [2.45, 2.75) is 13.3 Å². The smallest absolute Gasteiger partial charge is 0.265 e. The van der Waals surface area contributed by atoms with E-state index in [1.165, 1.54) is 11.8 Å². The van der Waals surface area contributed by atoms with E-state index in [2.05, 4.69) is 10.2 Å². The van der Waals surface area contributed by atoms with Crippen LogP contribution in [0.25, 0.3) is 0 Å². The van der Waals surface area contributed by atoms with Crippen molar-refractivity contribution >= 4 is 23.3 Å². The Bertz CT molecular complexity index is 715. The van der Waals surface area contributed by atoms with Crippen LogP contribution < -0.4 is 15.0 Å². The molecule has 1 N–H and O–H groups in total. The summed E-state index contributed by atoms with van der Waals surface area (Å²) >= 11 is 0. The Morgan fingerprint density at radius 2 is 2.00 bits per heavy atom. The van der Waals surface area contributed by atoms with Gasteiger partial charge in [-0.25, -0.2) is 0 Å². The predicted octanol–water partition coefficient (Wildman–Crippen LogP) is 0.453. The lowest BCUT2D eigenvalue weighted by molar-refractivity contribution is -0.125. The van der Waals surface area contributed by atoms with Crippen molar-refractivity contribution in [2.75, 3.05) is 57.4 Å². The number of carbonyl (C=O) groups excluding carboxylic acids is 3. The Morgan fingerprint density at radius 3 is 2.74 bits per heavy atom. The van der Waals surface area contributed by atoms with Gasteiger partial charge in [0.25, 0.3) is 5.91 Å². The first-order valence-electron chi connectivity index (χ1n) is 9.19. The van der Waals surface area contributed by atoms with E-state index in [9.17, 15) is 14.4 Å². The number of hydrogen-bond acceptors (Lipinski definition) is 6. The van der Waals surface area contributed by atoms with Crippen molar-refractivity contribution in [1.82, 2.24) is 10.2 Å². The predicted molar refractivity (Wildman–Crippen MR) is 99.2 cm³/mol. The highest BCUT2D eigenvalue weighted by Gasteiger charge is 2.28. The lowest BCUT2D eigenvalue weighted by Crippen LogP contribution is -2.45. The molecule has 0 spiro atoms. The van der Waals surface area contributed by atoms with Gasteiger partial charge in [-0.2, -0.15) is 0 Å². The average molecular weight is 375 g/mol. The number of nitrogens with one attached hydrogen (secondary N) is 1. The van der Waals surface area contributed by atoms with Gasteiger partial charge < -0.3 is 14.8 Å². The minimum absolute atomic E-state index is 0.0892. The van der Waals surface area contributed by atoms with Gasteiger partial charge in [0.1, 0.15) is 12.3 Å². The minimum Gasteiger partial charge on any atom is -0.482 e. The van der Waals surface area contributed by atoms with Crippen LogP contribution in [0.15, 0.2) is 18.2 Å². The number of benzene rings is 1. The number of carbonyl (C=O) groups is 3. The summed E-state index contributed by atoms with van der Waals surface area (Å²) in [6, 6.07) is 4.91. The molecular weight excluding hydrogens is 350 g/mol. The molecule has 0 atom stereocenters. The highest BCUT2D eigenvalue weighted by atomic mass is 16.5. The van der Waals surface area contributed by atoms with Gasteiger partial charge in [-0.1, -0.05) is 0 Å². The molecule has 2 heterocycles. The topological polar surface area (TPSA) is 88.2 Å². The maximum atomic E-state index is 12.3. The third kappa shape index (κ3) is 5.05. The molecule has 0 bridgehead atoms. The van der Waals surface area contributed by atoms with Crippen LogP contribution in [0.2, 0.25) is 0 Å². The first kappa shape index (κ1) is 19.3. The molecule has 1 saturated heterocycles. The van der Waals surface area contributed by atoms with Gasteiger partial charge in [0.05, 0.1) is 18.9 Å². The lowest BCUT2D eigenvalue weighted by atomic mass is 10.1. The fourth-order valence-corrected chi connectivity index (χ4v) is 3.15. The summed E-state index contributed by atoms with van der Waals surface area (Å²) in [6.45, 7) is 6.07. The Hall–Kier alpha value is -2.45. The number of rotatable bonds is 7. The second kappa shape index (κ2) is 8.96. The summed E-state index contributed by atoms with van der Waals surface area (Å²) < 4.78 is 10.7. The Balaban J connectivity index is 1.53. The van der Waals surface area contributed by atoms with Crippen LogP contribution in [-0.4, -0.2) is 75.0 Å². The largest absolute Gasteiger partial charge is 0.482 e. The molecule has 2 aliphatic rings. The third-order valence-corrected chi connectivity index (χ3v) is 4.69.